The van der Waals surface area contributed by atoms with Crippen LogP contribution in [0.2, 0.25) is 0 Å². The van der Waals surface area contributed by atoms with Gasteiger partial charge >= 0.3 is 0 Å². The molecule has 0 unspecified atom stereocenters. The molecule has 84 valence electrons. The number of hydrogen-bond acceptors (Lipinski definition) is 4. The number of hydrogen-bond donors (Lipinski definition) is 4. The molecule has 0 aromatic heterocycles. The predicted octanol–water partition coefficient (Wildman–Crippen LogP) is -1.37. The number of fused-ring (bicyclic) bond motifs is 2. The molecule has 2 rings (SSSR count). The van der Waals surface area contributed by atoms with Gasteiger partial charge < -0.3 is 0 Å². The van der Waals surface area contributed by atoms with Crippen LogP contribution in [0.4, 0.5) is 0 Å². The molecule has 0 aromatic carbocycles. The van der Waals surface area contributed by atoms with Gasteiger partial charge in [0.25, 0.3) is 0 Å². The maximum atomic E-state index is 11.4. The van der Waals surface area contributed by atoms with Crippen molar-refractivity contribution in [2.45, 2.75) is 19.3 Å². The monoisotopic (exact) mass is 212 g/mol. The molecule has 2 bridgehead atoms. The topological polar surface area (TPSA) is 110 Å². The van der Waals surface area contributed by atoms with E-state index in [1.165, 1.54) is 0 Å². The number of carbonyl (C=O) groups is 2. The molecule has 2 fully saturated rings. The molecule has 6 heteroatoms. The highest BCUT2D eigenvalue weighted by Gasteiger charge is 2.50. The lowest BCUT2D eigenvalue weighted by Crippen LogP contribution is -2.42. The first-order valence-electron chi connectivity index (χ1n) is 5.18. The van der Waals surface area contributed by atoms with Crippen molar-refractivity contribution in [2.75, 3.05) is 0 Å². The lowest BCUT2D eigenvalue weighted by Gasteiger charge is -2.25. The number of carbonyl (C=O) groups excluding carboxylic acids is 2. The maximum absolute atomic E-state index is 11.4. The highest BCUT2D eigenvalue weighted by molar-refractivity contribution is 5.82. The van der Waals surface area contributed by atoms with E-state index in [-0.39, 0.29) is 23.7 Å². The Morgan fingerprint density at radius 1 is 0.867 bits per heavy atom. The Balaban J connectivity index is 2.00. The number of hydrazine groups is 2. The second-order valence-electron chi connectivity index (χ2n) is 4.46. The fraction of sp³-hybridized carbons (Fsp3) is 0.778. The molecular weight excluding hydrogens is 196 g/mol. The second kappa shape index (κ2) is 3.79. The molecule has 2 amide bonds. The van der Waals surface area contributed by atoms with E-state index in [2.05, 4.69) is 10.9 Å². The zero-order chi connectivity index (χ0) is 11.0. The Hall–Kier alpha value is -1.14. The summed E-state index contributed by atoms with van der Waals surface area (Å²) in [5.74, 6) is 10.6. The van der Waals surface area contributed by atoms with Crippen molar-refractivity contribution >= 4 is 11.8 Å². The third-order valence-electron chi connectivity index (χ3n) is 3.81. The van der Waals surface area contributed by atoms with Gasteiger partial charge in [0.1, 0.15) is 0 Å². The third-order valence-corrected chi connectivity index (χ3v) is 3.81. The summed E-state index contributed by atoms with van der Waals surface area (Å²) < 4.78 is 0. The summed E-state index contributed by atoms with van der Waals surface area (Å²) in [5, 5.41) is 0. The van der Waals surface area contributed by atoms with Crippen LogP contribution in [0.1, 0.15) is 19.3 Å². The molecule has 2 aliphatic rings. The van der Waals surface area contributed by atoms with E-state index in [0.717, 1.165) is 19.3 Å². The van der Waals surface area contributed by atoms with E-state index in [1.807, 2.05) is 0 Å². The average Bonchev–Trinajstić information content (AvgIpc) is 2.85. The Labute approximate surface area is 87.7 Å². The van der Waals surface area contributed by atoms with Crippen LogP contribution in [0.5, 0.6) is 0 Å². The van der Waals surface area contributed by atoms with Gasteiger partial charge in [-0.3, -0.25) is 20.4 Å². The minimum Gasteiger partial charge on any atom is -0.294 e. The summed E-state index contributed by atoms with van der Waals surface area (Å²) in [4.78, 5) is 22.8. The summed E-state index contributed by atoms with van der Waals surface area (Å²) in [5.41, 5.74) is 4.37. The standard InChI is InChI=1S/C9H16N4O2/c10-12-8(14)6-2-4-1-5(6)3-7(4)9(15)13-11/h4-7H,1-3,10-11H2,(H,12,14)(H,13,15)/t4-,5-,6-,7+/m0/s1. The van der Waals surface area contributed by atoms with E-state index in [9.17, 15) is 9.59 Å². The van der Waals surface area contributed by atoms with Crippen LogP contribution in [-0.4, -0.2) is 11.8 Å². The maximum Gasteiger partial charge on any atom is 0.237 e. The van der Waals surface area contributed by atoms with Crippen LogP contribution in [-0.2, 0) is 9.59 Å². The van der Waals surface area contributed by atoms with Crippen LogP contribution >= 0.6 is 0 Å². The van der Waals surface area contributed by atoms with Gasteiger partial charge in [-0.05, 0) is 31.1 Å². The fourth-order valence-electron chi connectivity index (χ4n) is 3.13. The van der Waals surface area contributed by atoms with Crippen LogP contribution in [0, 0.1) is 23.7 Å². The zero-order valence-electron chi connectivity index (χ0n) is 8.40. The van der Waals surface area contributed by atoms with Crippen LogP contribution in [0.25, 0.3) is 0 Å². The van der Waals surface area contributed by atoms with Gasteiger partial charge in [-0.1, -0.05) is 0 Å². The van der Waals surface area contributed by atoms with Crippen LogP contribution < -0.4 is 22.5 Å². The Morgan fingerprint density at radius 2 is 1.27 bits per heavy atom. The van der Waals surface area contributed by atoms with Crippen LogP contribution in [0.15, 0.2) is 0 Å². The fourth-order valence-corrected chi connectivity index (χ4v) is 3.13. The molecule has 0 aliphatic heterocycles. The Bertz CT molecular complexity index is 266. The first-order chi connectivity index (χ1) is 7.17. The van der Waals surface area contributed by atoms with Gasteiger partial charge in [0.05, 0.1) is 0 Å². The average molecular weight is 212 g/mol. The van der Waals surface area contributed by atoms with E-state index in [0.29, 0.717) is 11.8 Å². The highest BCUT2D eigenvalue weighted by atomic mass is 16.2. The molecule has 0 aromatic rings. The van der Waals surface area contributed by atoms with E-state index < -0.39 is 0 Å². The minimum atomic E-state index is -0.103. The van der Waals surface area contributed by atoms with Gasteiger partial charge in [-0.2, -0.15) is 0 Å². The van der Waals surface area contributed by atoms with Crippen molar-refractivity contribution < 1.29 is 9.59 Å². The lowest BCUT2D eigenvalue weighted by atomic mass is 9.81. The molecule has 2 saturated carbocycles. The van der Waals surface area contributed by atoms with Gasteiger partial charge in [0.2, 0.25) is 11.8 Å². The molecule has 0 spiro atoms. The van der Waals surface area contributed by atoms with Gasteiger partial charge in [-0.15, -0.1) is 0 Å². The molecule has 6 nitrogen and oxygen atoms in total. The molecule has 0 saturated heterocycles. The van der Waals surface area contributed by atoms with Crippen molar-refractivity contribution in [2.24, 2.45) is 35.4 Å². The molecule has 4 atom stereocenters. The van der Waals surface area contributed by atoms with Crippen molar-refractivity contribution in [3.8, 4) is 0 Å². The van der Waals surface area contributed by atoms with Crippen molar-refractivity contribution in [1.82, 2.24) is 10.9 Å². The van der Waals surface area contributed by atoms with E-state index in [4.69, 9.17) is 11.7 Å². The summed E-state index contributed by atoms with van der Waals surface area (Å²) in [6.45, 7) is 0. The quantitative estimate of drug-likeness (QED) is 0.257. The first kappa shape index (κ1) is 10.4. The van der Waals surface area contributed by atoms with Crippen molar-refractivity contribution in [1.29, 1.82) is 0 Å². The van der Waals surface area contributed by atoms with Crippen molar-refractivity contribution in [3.63, 3.8) is 0 Å². The first-order valence-corrected chi connectivity index (χ1v) is 5.18. The summed E-state index contributed by atoms with van der Waals surface area (Å²) in [6, 6.07) is 0. The summed E-state index contributed by atoms with van der Waals surface area (Å²) >= 11 is 0. The van der Waals surface area contributed by atoms with Crippen LogP contribution in [0.3, 0.4) is 0 Å². The molecule has 0 radical (unpaired) electrons. The van der Waals surface area contributed by atoms with E-state index in [1.54, 1.807) is 0 Å². The smallest absolute Gasteiger partial charge is 0.237 e. The predicted molar refractivity (Wildman–Crippen MR) is 52.5 cm³/mol. The Morgan fingerprint density at radius 3 is 1.53 bits per heavy atom. The molecule has 0 heterocycles. The lowest BCUT2D eigenvalue weighted by molar-refractivity contribution is -0.131. The largest absolute Gasteiger partial charge is 0.294 e. The number of rotatable bonds is 2. The number of nitrogens with two attached hydrogens (primary N) is 2. The SMILES string of the molecule is NNC(=O)[C@H]1C[C@@H]2C[C@H]1C[C@H]2C(=O)NN. The third kappa shape index (κ3) is 1.59. The second-order valence-corrected chi connectivity index (χ2v) is 4.46. The van der Waals surface area contributed by atoms with Crippen molar-refractivity contribution in [3.05, 3.63) is 0 Å². The molecule has 15 heavy (non-hydrogen) atoms. The highest BCUT2D eigenvalue weighted by Crippen LogP contribution is 2.51. The molecular formula is C9H16N4O2. The normalized spacial score (nSPS) is 37.7. The summed E-state index contributed by atoms with van der Waals surface area (Å²) in [7, 11) is 0. The Kier molecular flexibility index (Phi) is 2.62. The minimum absolute atomic E-state index is 0.0122. The van der Waals surface area contributed by atoms with E-state index >= 15 is 0 Å². The van der Waals surface area contributed by atoms with Gasteiger partial charge in [-0.25, -0.2) is 11.7 Å². The van der Waals surface area contributed by atoms with Gasteiger partial charge in [0.15, 0.2) is 0 Å². The molecule has 6 N–H and O–H groups in total. The zero-order valence-corrected chi connectivity index (χ0v) is 8.40. The molecule has 2 aliphatic carbocycles. The number of nitrogens with one attached hydrogen (secondary N) is 2. The summed E-state index contributed by atoms with van der Waals surface area (Å²) in [6.07, 6.45) is 2.45. The number of amides is 2. The van der Waals surface area contributed by atoms with Gasteiger partial charge in [0, 0.05) is 11.8 Å².